The minimum Gasteiger partial charge on any atom is -0.298 e. The molecule has 1 atom stereocenters. The van der Waals surface area contributed by atoms with Crippen LogP contribution in [0.25, 0.3) is 0 Å². The molecule has 1 aliphatic rings. The first kappa shape index (κ1) is 12.4. The fraction of sp³-hybridized carbons (Fsp3) is 0.333. The lowest BCUT2D eigenvalue weighted by Crippen LogP contribution is -2.29. The van der Waals surface area contributed by atoms with Crippen molar-refractivity contribution in [2.45, 2.75) is 32.2 Å². The first-order valence-corrected chi connectivity index (χ1v) is 7.01. The Balaban J connectivity index is 2.19. The third-order valence-electron chi connectivity index (χ3n) is 3.86. The maximum Gasteiger partial charge on any atom is 0.327 e. The summed E-state index contributed by atoms with van der Waals surface area (Å²) in [5.74, 6) is 0. The van der Waals surface area contributed by atoms with Crippen molar-refractivity contribution in [1.29, 1.82) is 0 Å². The topological polar surface area (TPSA) is 37.8 Å². The SMILES string of the molecule is CC(c1ccccc1)n1c2c(c(=S)[nH]c1=O)CCC2. The molecular weight excluding hydrogens is 256 g/mol. The minimum atomic E-state index is -0.0954. The number of aromatic amines is 1. The first-order valence-electron chi connectivity index (χ1n) is 6.60. The Bertz CT molecular complexity index is 715. The Labute approximate surface area is 116 Å². The van der Waals surface area contributed by atoms with Crippen LogP contribution in [0.1, 0.15) is 36.2 Å². The van der Waals surface area contributed by atoms with Gasteiger partial charge in [0, 0.05) is 11.3 Å². The van der Waals surface area contributed by atoms with Gasteiger partial charge in [0.15, 0.2) is 0 Å². The third-order valence-corrected chi connectivity index (χ3v) is 4.21. The van der Waals surface area contributed by atoms with Crippen LogP contribution in [0.3, 0.4) is 0 Å². The van der Waals surface area contributed by atoms with E-state index in [-0.39, 0.29) is 11.7 Å². The van der Waals surface area contributed by atoms with Crippen molar-refractivity contribution in [2.75, 3.05) is 0 Å². The molecule has 0 bridgehead atoms. The van der Waals surface area contributed by atoms with Gasteiger partial charge in [-0.15, -0.1) is 0 Å². The number of aromatic nitrogens is 2. The summed E-state index contributed by atoms with van der Waals surface area (Å²) in [5, 5.41) is 0. The van der Waals surface area contributed by atoms with Crippen molar-refractivity contribution >= 4 is 12.2 Å². The van der Waals surface area contributed by atoms with Gasteiger partial charge in [-0.25, -0.2) is 4.79 Å². The van der Waals surface area contributed by atoms with Crippen LogP contribution in [-0.4, -0.2) is 9.55 Å². The molecule has 3 nitrogen and oxygen atoms in total. The van der Waals surface area contributed by atoms with E-state index < -0.39 is 0 Å². The predicted molar refractivity (Wildman–Crippen MR) is 78.2 cm³/mol. The zero-order valence-corrected chi connectivity index (χ0v) is 11.7. The fourth-order valence-corrected chi connectivity index (χ4v) is 3.19. The van der Waals surface area contributed by atoms with Crippen LogP contribution >= 0.6 is 12.2 Å². The molecule has 1 heterocycles. The van der Waals surface area contributed by atoms with E-state index in [9.17, 15) is 4.79 Å². The van der Waals surface area contributed by atoms with E-state index in [4.69, 9.17) is 12.2 Å². The summed E-state index contributed by atoms with van der Waals surface area (Å²) in [4.78, 5) is 15.1. The summed E-state index contributed by atoms with van der Waals surface area (Å²) >= 11 is 5.26. The summed E-state index contributed by atoms with van der Waals surface area (Å²) < 4.78 is 2.49. The van der Waals surface area contributed by atoms with E-state index in [1.165, 1.54) is 0 Å². The van der Waals surface area contributed by atoms with Crippen molar-refractivity contribution in [1.82, 2.24) is 9.55 Å². The second-order valence-electron chi connectivity index (χ2n) is 4.99. The quantitative estimate of drug-likeness (QED) is 0.853. The molecule has 3 rings (SSSR count). The van der Waals surface area contributed by atoms with Crippen LogP contribution in [0.2, 0.25) is 0 Å². The molecule has 0 fully saturated rings. The van der Waals surface area contributed by atoms with Crippen LogP contribution in [0.5, 0.6) is 0 Å². The lowest BCUT2D eigenvalue weighted by Gasteiger charge is -2.19. The zero-order chi connectivity index (χ0) is 13.4. The second-order valence-corrected chi connectivity index (χ2v) is 5.40. The maximum atomic E-state index is 12.3. The number of nitrogens with zero attached hydrogens (tertiary/aromatic N) is 1. The molecule has 0 radical (unpaired) electrons. The molecule has 98 valence electrons. The summed E-state index contributed by atoms with van der Waals surface area (Å²) in [7, 11) is 0. The molecule has 0 amide bonds. The van der Waals surface area contributed by atoms with E-state index in [2.05, 4.69) is 24.0 Å². The Morgan fingerprint density at radius 3 is 2.74 bits per heavy atom. The zero-order valence-electron chi connectivity index (χ0n) is 10.8. The number of rotatable bonds is 2. The smallest absolute Gasteiger partial charge is 0.298 e. The molecule has 1 aliphatic carbocycles. The highest BCUT2D eigenvalue weighted by atomic mass is 32.1. The van der Waals surface area contributed by atoms with E-state index >= 15 is 0 Å². The molecule has 1 aromatic carbocycles. The van der Waals surface area contributed by atoms with Gasteiger partial charge in [-0.3, -0.25) is 9.55 Å². The van der Waals surface area contributed by atoms with Crippen LogP contribution < -0.4 is 5.69 Å². The largest absolute Gasteiger partial charge is 0.327 e. The van der Waals surface area contributed by atoms with Gasteiger partial charge in [0.2, 0.25) is 0 Å². The monoisotopic (exact) mass is 272 g/mol. The lowest BCUT2D eigenvalue weighted by molar-refractivity contribution is 0.569. The van der Waals surface area contributed by atoms with Crippen molar-refractivity contribution in [3.8, 4) is 0 Å². The summed E-state index contributed by atoms with van der Waals surface area (Å²) in [6.07, 6.45) is 3.00. The highest BCUT2D eigenvalue weighted by Crippen LogP contribution is 2.25. The molecule has 1 unspecified atom stereocenters. The van der Waals surface area contributed by atoms with Crippen molar-refractivity contribution < 1.29 is 0 Å². The number of H-pyrrole nitrogens is 1. The number of benzene rings is 1. The molecule has 0 spiro atoms. The molecule has 1 N–H and O–H groups in total. The van der Waals surface area contributed by atoms with E-state index in [0.717, 1.165) is 36.1 Å². The van der Waals surface area contributed by atoms with Gasteiger partial charge in [-0.1, -0.05) is 42.5 Å². The van der Waals surface area contributed by atoms with E-state index in [1.54, 1.807) is 0 Å². The molecule has 2 aromatic rings. The van der Waals surface area contributed by atoms with Gasteiger partial charge in [0.05, 0.1) is 6.04 Å². The summed E-state index contributed by atoms with van der Waals surface area (Å²) in [6.45, 7) is 2.06. The van der Waals surface area contributed by atoms with Crippen molar-refractivity contribution in [2.24, 2.45) is 0 Å². The van der Waals surface area contributed by atoms with Crippen molar-refractivity contribution in [3.63, 3.8) is 0 Å². The number of hydrogen-bond acceptors (Lipinski definition) is 2. The molecule has 19 heavy (non-hydrogen) atoms. The van der Waals surface area contributed by atoms with E-state index in [0.29, 0.717) is 4.64 Å². The average molecular weight is 272 g/mol. The Hall–Kier alpha value is -1.68. The average Bonchev–Trinajstić information content (AvgIpc) is 2.89. The highest BCUT2D eigenvalue weighted by Gasteiger charge is 2.21. The van der Waals surface area contributed by atoms with Gasteiger partial charge in [-0.2, -0.15) is 0 Å². The van der Waals surface area contributed by atoms with Gasteiger partial charge in [-0.05, 0) is 31.7 Å². The molecular formula is C15H16N2OS. The molecule has 0 saturated heterocycles. The van der Waals surface area contributed by atoms with Gasteiger partial charge in [0.25, 0.3) is 0 Å². The maximum absolute atomic E-state index is 12.3. The van der Waals surface area contributed by atoms with Gasteiger partial charge >= 0.3 is 5.69 Å². The third kappa shape index (κ3) is 2.06. The number of fused-ring (bicyclic) bond motifs is 1. The summed E-state index contributed by atoms with van der Waals surface area (Å²) in [5.41, 5.74) is 3.31. The Morgan fingerprint density at radius 1 is 1.26 bits per heavy atom. The summed E-state index contributed by atoms with van der Waals surface area (Å²) in [6, 6.07) is 10.1. The Kier molecular flexibility index (Phi) is 3.11. The number of nitrogens with one attached hydrogen (secondary N) is 1. The fourth-order valence-electron chi connectivity index (χ4n) is 2.88. The molecule has 4 heteroatoms. The van der Waals surface area contributed by atoms with Crippen LogP contribution in [0.4, 0.5) is 0 Å². The Morgan fingerprint density at radius 2 is 2.00 bits per heavy atom. The van der Waals surface area contributed by atoms with Crippen LogP contribution in [0.15, 0.2) is 35.1 Å². The highest BCUT2D eigenvalue weighted by molar-refractivity contribution is 7.71. The first-order chi connectivity index (χ1) is 9.18. The molecule has 0 aliphatic heterocycles. The predicted octanol–water partition coefficient (Wildman–Crippen LogP) is 3.00. The van der Waals surface area contributed by atoms with Crippen LogP contribution in [-0.2, 0) is 12.8 Å². The van der Waals surface area contributed by atoms with Crippen molar-refractivity contribution in [3.05, 3.63) is 62.3 Å². The minimum absolute atomic E-state index is 0.0346. The normalized spacial score (nSPS) is 15.2. The molecule has 0 saturated carbocycles. The van der Waals surface area contributed by atoms with Crippen LogP contribution in [0, 0.1) is 4.64 Å². The van der Waals surface area contributed by atoms with Gasteiger partial charge in [0.1, 0.15) is 4.64 Å². The molecule has 1 aromatic heterocycles. The van der Waals surface area contributed by atoms with E-state index in [1.807, 2.05) is 22.8 Å². The standard InChI is InChI=1S/C15H16N2OS/c1-10(11-6-3-2-4-7-11)17-13-9-5-8-12(13)14(19)16-15(17)18/h2-4,6-7,10H,5,8-9H2,1H3,(H,16,18,19). The lowest BCUT2D eigenvalue weighted by atomic mass is 10.1. The number of hydrogen-bond donors (Lipinski definition) is 1. The van der Waals surface area contributed by atoms with Gasteiger partial charge < -0.3 is 0 Å². The second kappa shape index (κ2) is 4.78.